The first kappa shape index (κ1) is 18.4. The number of rotatable bonds is 5. The maximum absolute atomic E-state index is 12.8. The Morgan fingerprint density at radius 3 is 2.71 bits per heavy atom. The molecule has 0 aromatic carbocycles. The van der Waals surface area contributed by atoms with Gasteiger partial charge in [0.2, 0.25) is 5.91 Å². The number of nitrogens with zero attached hydrogens (tertiary/aromatic N) is 6. The topological polar surface area (TPSA) is 68.8 Å². The Morgan fingerprint density at radius 2 is 2.04 bits per heavy atom. The Labute approximate surface area is 167 Å². The zero-order chi connectivity index (χ0) is 19.8. The van der Waals surface area contributed by atoms with Crippen LogP contribution in [0.1, 0.15) is 17.0 Å². The van der Waals surface area contributed by atoms with E-state index < -0.39 is 0 Å². The summed E-state index contributed by atoms with van der Waals surface area (Å²) in [5, 5.41) is 12.0. The van der Waals surface area contributed by atoms with E-state index in [0.29, 0.717) is 6.54 Å². The average molecular weight is 395 g/mol. The van der Waals surface area contributed by atoms with Crippen LogP contribution in [-0.2, 0) is 24.9 Å². The molecule has 4 rings (SSSR count). The summed E-state index contributed by atoms with van der Waals surface area (Å²) < 4.78 is 3.47. The molecule has 4 aromatic heterocycles. The summed E-state index contributed by atoms with van der Waals surface area (Å²) >= 11 is 1.68. The molecule has 0 saturated heterocycles. The van der Waals surface area contributed by atoms with Gasteiger partial charge in [0.25, 0.3) is 0 Å². The third-order valence-corrected chi connectivity index (χ3v) is 5.73. The lowest BCUT2D eigenvalue weighted by Crippen LogP contribution is -2.30. The molecule has 0 saturated carbocycles. The van der Waals surface area contributed by atoms with Crippen molar-refractivity contribution in [3.63, 3.8) is 0 Å². The van der Waals surface area contributed by atoms with E-state index in [0.717, 1.165) is 33.5 Å². The highest BCUT2D eigenvalue weighted by molar-refractivity contribution is 7.13. The maximum Gasteiger partial charge on any atom is 0.244 e. The van der Waals surface area contributed by atoms with Gasteiger partial charge in [-0.25, -0.2) is 9.67 Å². The molecule has 0 radical (unpaired) electrons. The summed E-state index contributed by atoms with van der Waals surface area (Å²) in [6.45, 7) is 4.59. The zero-order valence-corrected chi connectivity index (χ0v) is 17.2. The fourth-order valence-corrected chi connectivity index (χ4v) is 4.18. The molecule has 7 nitrogen and oxygen atoms in total. The Kier molecular flexibility index (Phi) is 4.72. The van der Waals surface area contributed by atoms with Crippen LogP contribution in [0.25, 0.3) is 21.5 Å². The van der Waals surface area contributed by atoms with Gasteiger partial charge in [-0.15, -0.1) is 11.3 Å². The summed E-state index contributed by atoms with van der Waals surface area (Å²) in [4.78, 5) is 20.2. The van der Waals surface area contributed by atoms with E-state index in [1.165, 1.54) is 4.88 Å². The highest BCUT2D eigenvalue weighted by Crippen LogP contribution is 2.32. The highest BCUT2D eigenvalue weighted by atomic mass is 32.1. The molecule has 0 aliphatic rings. The molecule has 0 spiro atoms. The number of likely N-dealkylation sites (N-methyl/N-ethyl adjacent to an activating group) is 1. The van der Waals surface area contributed by atoms with Crippen molar-refractivity contribution < 1.29 is 4.79 Å². The van der Waals surface area contributed by atoms with Crippen LogP contribution >= 0.6 is 11.3 Å². The highest BCUT2D eigenvalue weighted by Gasteiger charge is 2.18. The van der Waals surface area contributed by atoms with Gasteiger partial charge in [0.15, 0.2) is 5.65 Å². The third-order valence-electron chi connectivity index (χ3n) is 4.83. The van der Waals surface area contributed by atoms with E-state index >= 15 is 0 Å². The summed E-state index contributed by atoms with van der Waals surface area (Å²) in [6, 6.07) is 6.13. The van der Waals surface area contributed by atoms with Gasteiger partial charge in [0, 0.05) is 49.0 Å². The van der Waals surface area contributed by atoms with Crippen LogP contribution in [0.4, 0.5) is 0 Å². The lowest BCUT2D eigenvalue weighted by molar-refractivity contribution is -0.131. The number of fused-ring (bicyclic) bond motifs is 1. The molecule has 1 amide bonds. The van der Waals surface area contributed by atoms with E-state index in [9.17, 15) is 4.79 Å². The van der Waals surface area contributed by atoms with E-state index in [1.54, 1.807) is 38.8 Å². The first-order chi connectivity index (χ1) is 13.4. The summed E-state index contributed by atoms with van der Waals surface area (Å²) in [6.07, 6.45) is 3.73. The van der Waals surface area contributed by atoms with Crippen LogP contribution in [0.2, 0.25) is 0 Å². The number of aromatic nitrogens is 5. The standard InChI is InChI=1S/C20H22N6OS/c1-13-15(11-25(4)22-13)10-24(3)18(27)12-26-20-19(14(2)23-26)16(7-8-21-20)17-6-5-9-28-17/h5-9,11H,10,12H2,1-4H3. The molecular weight excluding hydrogens is 372 g/mol. The molecular formula is C20H22N6OS. The Bertz CT molecular complexity index is 1140. The van der Waals surface area contributed by atoms with Crippen molar-refractivity contribution in [3.05, 3.63) is 52.9 Å². The largest absolute Gasteiger partial charge is 0.340 e. The van der Waals surface area contributed by atoms with Crippen LogP contribution in [0, 0.1) is 13.8 Å². The van der Waals surface area contributed by atoms with Gasteiger partial charge in [0.1, 0.15) is 6.54 Å². The van der Waals surface area contributed by atoms with Crippen molar-refractivity contribution in [2.45, 2.75) is 26.9 Å². The summed E-state index contributed by atoms with van der Waals surface area (Å²) in [7, 11) is 3.69. The molecule has 0 atom stereocenters. The SMILES string of the molecule is Cc1nn(C)cc1CN(C)C(=O)Cn1nc(C)c2c(-c3cccs3)ccnc21. The number of hydrogen-bond donors (Lipinski definition) is 0. The van der Waals surface area contributed by atoms with Crippen LogP contribution in [-0.4, -0.2) is 42.4 Å². The minimum absolute atomic E-state index is 0.0176. The van der Waals surface area contributed by atoms with Crippen molar-refractivity contribution in [3.8, 4) is 10.4 Å². The van der Waals surface area contributed by atoms with E-state index in [-0.39, 0.29) is 12.5 Å². The number of aryl methyl sites for hydroxylation is 3. The smallest absolute Gasteiger partial charge is 0.244 e. The number of amides is 1. The van der Waals surface area contributed by atoms with Crippen LogP contribution in [0.3, 0.4) is 0 Å². The second-order valence-corrected chi connectivity index (χ2v) is 7.89. The molecule has 144 valence electrons. The molecule has 8 heteroatoms. The van der Waals surface area contributed by atoms with Gasteiger partial charge in [0.05, 0.1) is 16.8 Å². The summed E-state index contributed by atoms with van der Waals surface area (Å²) in [5.74, 6) is -0.0176. The van der Waals surface area contributed by atoms with Crippen molar-refractivity contribution in [1.82, 2.24) is 29.4 Å². The molecule has 0 aliphatic heterocycles. The number of pyridine rings is 1. The quantitative estimate of drug-likeness (QED) is 0.521. The molecule has 0 N–H and O–H groups in total. The van der Waals surface area contributed by atoms with Gasteiger partial charge in [-0.05, 0) is 31.4 Å². The lowest BCUT2D eigenvalue weighted by Gasteiger charge is -2.17. The van der Waals surface area contributed by atoms with Crippen molar-refractivity contribution in [2.75, 3.05) is 7.05 Å². The molecule has 28 heavy (non-hydrogen) atoms. The van der Waals surface area contributed by atoms with Crippen molar-refractivity contribution in [1.29, 1.82) is 0 Å². The number of carbonyl (C=O) groups excluding carboxylic acids is 1. The summed E-state index contributed by atoms with van der Waals surface area (Å²) in [5.41, 5.74) is 4.70. The number of carbonyl (C=O) groups is 1. The lowest BCUT2D eigenvalue weighted by atomic mass is 10.1. The van der Waals surface area contributed by atoms with Gasteiger partial charge < -0.3 is 4.90 Å². The Morgan fingerprint density at radius 1 is 1.21 bits per heavy atom. The minimum atomic E-state index is -0.0176. The van der Waals surface area contributed by atoms with Gasteiger partial charge in [-0.1, -0.05) is 6.07 Å². The van der Waals surface area contributed by atoms with Gasteiger partial charge in [-0.3, -0.25) is 9.48 Å². The van der Waals surface area contributed by atoms with Crippen LogP contribution < -0.4 is 0 Å². The van der Waals surface area contributed by atoms with E-state index in [2.05, 4.69) is 26.6 Å². The van der Waals surface area contributed by atoms with Gasteiger partial charge >= 0.3 is 0 Å². The van der Waals surface area contributed by atoms with E-state index in [1.807, 2.05) is 39.2 Å². The molecule has 4 heterocycles. The molecule has 0 unspecified atom stereocenters. The van der Waals surface area contributed by atoms with Crippen molar-refractivity contribution in [2.24, 2.45) is 7.05 Å². The Balaban J connectivity index is 1.60. The molecule has 0 fully saturated rings. The second-order valence-electron chi connectivity index (χ2n) is 6.94. The predicted molar refractivity (Wildman–Crippen MR) is 110 cm³/mol. The third kappa shape index (κ3) is 3.31. The first-order valence-electron chi connectivity index (χ1n) is 9.03. The fraction of sp³-hybridized carbons (Fsp3) is 0.300. The number of thiophene rings is 1. The van der Waals surface area contributed by atoms with Crippen LogP contribution in [0.5, 0.6) is 0 Å². The minimum Gasteiger partial charge on any atom is -0.340 e. The fourth-order valence-electron chi connectivity index (χ4n) is 3.43. The molecule has 4 aromatic rings. The maximum atomic E-state index is 12.8. The first-order valence-corrected chi connectivity index (χ1v) is 9.91. The Hall–Kier alpha value is -3.00. The van der Waals surface area contributed by atoms with Gasteiger partial charge in [-0.2, -0.15) is 10.2 Å². The molecule has 0 aliphatic carbocycles. The zero-order valence-electron chi connectivity index (χ0n) is 16.4. The predicted octanol–water partition coefficient (Wildman–Crippen LogP) is 3.17. The normalized spacial score (nSPS) is 11.3. The van der Waals surface area contributed by atoms with Crippen molar-refractivity contribution >= 4 is 28.3 Å². The molecule has 0 bridgehead atoms. The number of hydrogen-bond acceptors (Lipinski definition) is 5. The van der Waals surface area contributed by atoms with E-state index in [4.69, 9.17) is 0 Å². The van der Waals surface area contributed by atoms with Crippen LogP contribution in [0.15, 0.2) is 36.0 Å². The second kappa shape index (κ2) is 7.20. The average Bonchev–Trinajstić information content (AvgIpc) is 3.36. The monoisotopic (exact) mass is 394 g/mol.